The molecule has 0 radical (unpaired) electrons. The Hall–Kier alpha value is -1.06. The van der Waals surface area contributed by atoms with Crippen LogP contribution in [0, 0.1) is 17.8 Å². The lowest BCUT2D eigenvalue weighted by Crippen LogP contribution is -2.47. The number of carbonyl (C=O) groups is 2. The van der Waals surface area contributed by atoms with Gasteiger partial charge in [0.1, 0.15) is 6.42 Å². The van der Waals surface area contributed by atoms with Gasteiger partial charge in [-0.15, -0.1) is 0 Å². The summed E-state index contributed by atoms with van der Waals surface area (Å²) in [6.07, 6.45) is 8.68. The Labute approximate surface area is 134 Å². The summed E-state index contributed by atoms with van der Waals surface area (Å²) in [6, 6.07) is 0. The second kappa shape index (κ2) is 7.01. The molecule has 3 fully saturated rings. The van der Waals surface area contributed by atoms with Gasteiger partial charge in [-0.2, -0.15) is 0 Å². The molecule has 0 aromatic heterocycles. The summed E-state index contributed by atoms with van der Waals surface area (Å²) in [4.78, 5) is 28.7. The van der Waals surface area contributed by atoms with Crippen molar-refractivity contribution in [2.24, 2.45) is 17.8 Å². The minimum atomic E-state index is 0.0441. The van der Waals surface area contributed by atoms with E-state index in [4.69, 9.17) is 0 Å². The minimum absolute atomic E-state index is 0.0441. The van der Waals surface area contributed by atoms with E-state index in [2.05, 4.69) is 6.92 Å². The van der Waals surface area contributed by atoms with Gasteiger partial charge in [0.2, 0.25) is 11.8 Å². The number of nitrogens with zero attached hydrogens (tertiary/aromatic N) is 2. The zero-order chi connectivity index (χ0) is 15.5. The molecular weight excluding hydrogens is 276 g/mol. The molecule has 3 rings (SSSR count). The van der Waals surface area contributed by atoms with Crippen LogP contribution in [-0.4, -0.2) is 47.8 Å². The number of fused-ring (bicyclic) bond motifs is 1. The Morgan fingerprint density at radius 2 is 1.41 bits per heavy atom. The third kappa shape index (κ3) is 3.64. The van der Waals surface area contributed by atoms with Gasteiger partial charge in [0.05, 0.1) is 0 Å². The smallest absolute Gasteiger partial charge is 0.232 e. The van der Waals surface area contributed by atoms with E-state index in [9.17, 15) is 9.59 Å². The van der Waals surface area contributed by atoms with Crippen LogP contribution in [0.1, 0.15) is 58.3 Å². The molecule has 2 unspecified atom stereocenters. The van der Waals surface area contributed by atoms with Crippen molar-refractivity contribution in [2.75, 3.05) is 26.2 Å². The molecule has 0 spiro atoms. The second-order valence-electron chi connectivity index (χ2n) is 7.67. The first kappa shape index (κ1) is 15.8. The van der Waals surface area contributed by atoms with E-state index >= 15 is 0 Å². The lowest BCUT2D eigenvalue weighted by Gasteiger charge is -2.41. The fourth-order valence-corrected chi connectivity index (χ4v) is 4.44. The fraction of sp³-hybridized carbons (Fsp3) is 0.889. The van der Waals surface area contributed by atoms with Crippen LogP contribution in [0.25, 0.3) is 0 Å². The first-order valence-corrected chi connectivity index (χ1v) is 9.19. The highest BCUT2D eigenvalue weighted by molar-refractivity contribution is 5.97. The summed E-state index contributed by atoms with van der Waals surface area (Å²) in [5.41, 5.74) is 0. The summed E-state index contributed by atoms with van der Waals surface area (Å²) in [5, 5.41) is 0. The van der Waals surface area contributed by atoms with Crippen LogP contribution in [0.4, 0.5) is 0 Å². The Morgan fingerprint density at radius 1 is 0.818 bits per heavy atom. The topological polar surface area (TPSA) is 40.6 Å². The average Bonchev–Trinajstić information content (AvgIpc) is 2.55. The maximum atomic E-state index is 12.5. The first-order chi connectivity index (χ1) is 10.6. The van der Waals surface area contributed by atoms with Gasteiger partial charge in [-0.3, -0.25) is 9.59 Å². The van der Waals surface area contributed by atoms with Gasteiger partial charge in [-0.1, -0.05) is 26.2 Å². The molecular formula is C18H30N2O2. The number of hydrogen-bond acceptors (Lipinski definition) is 2. The van der Waals surface area contributed by atoms with Gasteiger partial charge in [0, 0.05) is 26.2 Å². The average molecular weight is 306 g/mol. The van der Waals surface area contributed by atoms with Crippen molar-refractivity contribution in [2.45, 2.75) is 58.3 Å². The molecule has 124 valence electrons. The highest BCUT2D eigenvalue weighted by Crippen LogP contribution is 2.36. The second-order valence-corrected chi connectivity index (χ2v) is 7.67. The maximum absolute atomic E-state index is 12.5. The molecule has 0 N–H and O–H groups in total. The van der Waals surface area contributed by atoms with Gasteiger partial charge in [0.25, 0.3) is 0 Å². The molecule has 0 bridgehead atoms. The highest BCUT2D eigenvalue weighted by atomic mass is 16.2. The molecule has 3 aliphatic rings. The van der Waals surface area contributed by atoms with Crippen molar-refractivity contribution >= 4 is 11.8 Å². The highest BCUT2D eigenvalue weighted by Gasteiger charge is 2.33. The van der Waals surface area contributed by atoms with Crippen LogP contribution in [0.15, 0.2) is 0 Å². The van der Waals surface area contributed by atoms with Crippen molar-refractivity contribution < 1.29 is 9.59 Å². The van der Waals surface area contributed by atoms with Gasteiger partial charge < -0.3 is 9.80 Å². The summed E-state index contributed by atoms with van der Waals surface area (Å²) in [6.45, 7) is 5.66. The van der Waals surface area contributed by atoms with Crippen LogP contribution in [0.5, 0.6) is 0 Å². The Balaban J connectivity index is 1.48. The van der Waals surface area contributed by atoms with Crippen molar-refractivity contribution in [1.29, 1.82) is 0 Å². The Morgan fingerprint density at radius 3 is 2.14 bits per heavy atom. The zero-order valence-corrected chi connectivity index (χ0v) is 13.9. The molecule has 2 atom stereocenters. The van der Waals surface area contributed by atoms with E-state index in [1.807, 2.05) is 9.80 Å². The number of rotatable bonds is 2. The number of piperidine rings is 2. The van der Waals surface area contributed by atoms with Gasteiger partial charge in [0.15, 0.2) is 0 Å². The summed E-state index contributed by atoms with van der Waals surface area (Å²) >= 11 is 0. The Kier molecular flexibility index (Phi) is 5.04. The predicted octanol–water partition coefficient (Wildman–Crippen LogP) is 2.67. The summed E-state index contributed by atoms with van der Waals surface area (Å²) in [5.74, 6) is 2.34. The number of hydrogen-bond donors (Lipinski definition) is 0. The molecule has 0 aromatic carbocycles. The summed E-state index contributed by atoms with van der Waals surface area (Å²) < 4.78 is 0. The molecule has 1 aliphatic carbocycles. The van der Waals surface area contributed by atoms with Gasteiger partial charge in [-0.25, -0.2) is 0 Å². The fourth-order valence-electron chi connectivity index (χ4n) is 4.44. The van der Waals surface area contributed by atoms with Gasteiger partial charge >= 0.3 is 0 Å². The van der Waals surface area contributed by atoms with Crippen LogP contribution in [0.2, 0.25) is 0 Å². The molecule has 2 aliphatic heterocycles. The normalized spacial score (nSPS) is 30.0. The Bertz CT molecular complexity index is 415. The zero-order valence-electron chi connectivity index (χ0n) is 13.9. The first-order valence-electron chi connectivity index (χ1n) is 9.19. The molecule has 0 aromatic rings. The third-order valence-corrected chi connectivity index (χ3v) is 6.08. The van der Waals surface area contributed by atoms with Crippen LogP contribution < -0.4 is 0 Å². The lowest BCUT2D eigenvalue weighted by molar-refractivity contribution is -0.143. The molecule has 22 heavy (non-hydrogen) atoms. The number of carbonyl (C=O) groups excluding carboxylic acids is 2. The van der Waals surface area contributed by atoms with Crippen LogP contribution in [-0.2, 0) is 9.59 Å². The quantitative estimate of drug-likeness (QED) is 0.736. The monoisotopic (exact) mass is 306 g/mol. The van der Waals surface area contributed by atoms with E-state index < -0.39 is 0 Å². The van der Waals surface area contributed by atoms with Gasteiger partial charge in [-0.05, 0) is 43.4 Å². The van der Waals surface area contributed by atoms with E-state index in [-0.39, 0.29) is 18.2 Å². The maximum Gasteiger partial charge on any atom is 0.232 e. The van der Waals surface area contributed by atoms with E-state index in [0.29, 0.717) is 11.8 Å². The molecule has 2 amide bonds. The van der Waals surface area contributed by atoms with Crippen LogP contribution >= 0.6 is 0 Å². The van der Waals surface area contributed by atoms with E-state index in [0.717, 1.165) is 51.4 Å². The van der Waals surface area contributed by atoms with Crippen molar-refractivity contribution in [3.8, 4) is 0 Å². The van der Waals surface area contributed by atoms with E-state index in [1.165, 1.54) is 25.7 Å². The molecule has 1 saturated carbocycles. The SMILES string of the molecule is CC1CCN(C(=O)CC(=O)N2CCC3CCCCC3C2)CC1. The molecule has 2 saturated heterocycles. The molecule has 2 heterocycles. The van der Waals surface area contributed by atoms with Crippen molar-refractivity contribution in [3.05, 3.63) is 0 Å². The van der Waals surface area contributed by atoms with Crippen molar-refractivity contribution in [3.63, 3.8) is 0 Å². The summed E-state index contributed by atoms with van der Waals surface area (Å²) in [7, 11) is 0. The van der Waals surface area contributed by atoms with Crippen molar-refractivity contribution in [1.82, 2.24) is 9.80 Å². The van der Waals surface area contributed by atoms with Crippen LogP contribution in [0.3, 0.4) is 0 Å². The minimum Gasteiger partial charge on any atom is -0.342 e. The third-order valence-electron chi connectivity index (χ3n) is 6.08. The molecule has 4 nitrogen and oxygen atoms in total. The standard InChI is InChI=1S/C18H30N2O2/c1-14-6-9-19(10-7-14)17(21)12-18(22)20-11-8-15-4-2-3-5-16(15)13-20/h14-16H,2-13H2,1H3. The predicted molar refractivity (Wildman–Crippen MR) is 86.2 cm³/mol. The number of likely N-dealkylation sites (tertiary alicyclic amines) is 2. The molecule has 4 heteroatoms. The lowest BCUT2D eigenvalue weighted by atomic mass is 9.75. The largest absolute Gasteiger partial charge is 0.342 e. The number of amides is 2. The van der Waals surface area contributed by atoms with E-state index in [1.54, 1.807) is 0 Å².